The minimum atomic E-state index is -4.17. The first-order valence-electron chi connectivity index (χ1n) is 9.50. The van der Waals surface area contributed by atoms with Gasteiger partial charge in [0, 0.05) is 30.7 Å². The van der Waals surface area contributed by atoms with Crippen LogP contribution < -0.4 is 14.8 Å². The molecule has 30 heavy (non-hydrogen) atoms. The number of benzene rings is 2. The quantitative estimate of drug-likeness (QED) is 0.375. The van der Waals surface area contributed by atoms with Crippen molar-refractivity contribution < 1.29 is 27.0 Å². The Morgan fingerprint density at radius 1 is 1.10 bits per heavy atom. The molecule has 8 heteroatoms. The number of fused-ring (bicyclic) bond motifs is 1. The van der Waals surface area contributed by atoms with Crippen molar-refractivity contribution >= 4 is 10.9 Å². The lowest BCUT2D eigenvalue weighted by atomic mass is 10.1. The summed E-state index contributed by atoms with van der Waals surface area (Å²) in [6, 6.07) is 12.5. The Labute approximate surface area is 172 Å². The van der Waals surface area contributed by atoms with Crippen molar-refractivity contribution in [1.29, 1.82) is 0 Å². The Bertz CT molecular complexity index is 988. The monoisotopic (exact) mass is 424 g/mol. The van der Waals surface area contributed by atoms with Gasteiger partial charge in [-0.1, -0.05) is 12.1 Å². The van der Waals surface area contributed by atoms with Gasteiger partial charge in [0.2, 0.25) is 0 Å². The second kappa shape index (κ2) is 9.38. The summed E-state index contributed by atoms with van der Waals surface area (Å²) in [6.07, 6.45) is -0.874. The fourth-order valence-corrected chi connectivity index (χ4v) is 3.22. The third kappa shape index (κ3) is 5.24. The Balaban J connectivity index is 1.54. The van der Waals surface area contributed by atoms with Crippen LogP contribution in [0.1, 0.15) is 11.1 Å². The number of nitrogens with one attached hydrogen (secondary N) is 1. The zero-order valence-electron chi connectivity index (χ0n) is 16.8. The maximum absolute atomic E-state index is 13.0. The van der Waals surface area contributed by atoms with Crippen molar-refractivity contribution in [2.75, 3.05) is 20.3 Å². The fraction of sp³-hybridized carbons (Fsp3) is 0.364. The molecular weight excluding hydrogens is 400 g/mol. The van der Waals surface area contributed by atoms with E-state index < -0.39 is 19.0 Å². The Morgan fingerprint density at radius 2 is 1.90 bits per heavy atom. The van der Waals surface area contributed by atoms with Gasteiger partial charge in [-0.3, -0.25) is 0 Å². The van der Waals surface area contributed by atoms with E-state index in [1.807, 2.05) is 31.3 Å². The van der Waals surface area contributed by atoms with Gasteiger partial charge in [-0.2, -0.15) is 8.78 Å². The first-order valence-corrected chi connectivity index (χ1v) is 9.50. The average Bonchev–Trinajstić information content (AvgIpc) is 3.05. The van der Waals surface area contributed by atoms with Gasteiger partial charge in [0.1, 0.15) is 11.5 Å². The molecule has 1 aromatic heterocycles. The number of aryl methyl sites for hydroxylation is 1. The molecule has 0 atom stereocenters. The van der Waals surface area contributed by atoms with Crippen molar-refractivity contribution in [3.63, 3.8) is 0 Å². The Morgan fingerprint density at radius 3 is 2.63 bits per heavy atom. The average molecular weight is 424 g/mol. The molecule has 3 aromatic rings. The minimum Gasteiger partial charge on any atom is -0.497 e. The number of alkyl halides is 4. The topological polar surface area (TPSA) is 35.4 Å². The number of methoxy groups -OCH3 is 1. The number of rotatable bonds is 10. The van der Waals surface area contributed by atoms with Crippen LogP contribution in [0.5, 0.6) is 11.5 Å². The molecule has 0 unspecified atom stereocenters. The van der Waals surface area contributed by atoms with Crippen molar-refractivity contribution in [3.05, 3.63) is 59.8 Å². The summed E-state index contributed by atoms with van der Waals surface area (Å²) in [5.74, 6) is -3.23. The maximum Gasteiger partial charge on any atom is 0.340 e. The highest BCUT2D eigenvalue weighted by Crippen LogP contribution is 2.26. The summed E-state index contributed by atoms with van der Waals surface area (Å²) in [6.45, 7) is -0.159. The molecule has 0 aliphatic carbocycles. The first-order chi connectivity index (χ1) is 14.3. The lowest BCUT2D eigenvalue weighted by Crippen LogP contribution is -2.33. The molecule has 1 N–H and O–H groups in total. The molecule has 0 radical (unpaired) electrons. The van der Waals surface area contributed by atoms with Gasteiger partial charge in [0.05, 0.1) is 7.11 Å². The molecule has 0 aliphatic heterocycles. The summed E-state index contributed by atoms with van der Waals surface area (Å²) in [4.78, 5) is 0. The highest BCUT2D eigenvalue weighted by Gasteiger charge is 2.41. The van der Waals surface area contributed by atoms with Crippen molar-refractivity contribution in [3.8, 4) is 11.5 Å². The van der Waals surface area contributed by atoms with Crippen LogP contribution in [-0.2, 0) is 20.0 Å². The van der Waals surface area contributed by atoms with Crippen molar-refractivity contribution in [2.45, 2.75) is 25.3 Å². The molecule has 0 fully saturated rings. The number of halogens is 4. The van der Waals surface area contributed by atoms with Crippen molar-refractivity contribution in [2.24, 2.45) is 7.05 Å². The molecule has 1 heterocycles. The lowest BCUT2D eigenvalue weighted by Gasteiger charge is -2.16. The van der Waals surface area contributed by atoms with Crippen LogP contribution in [0.4, 0.5) is 17.6 Å². The van der Waals surface area contributed by atoms with Crippen LogP contribution in [0.3, 0.4) is 0 Å². The van der Waals surface area contributed by atoms with Gasteiger partial charge in [0.15, 0.2) is 6.61 Å². The zero-order chi connectivity index (χ0) is 21.7. The summed E-state index contributed by atoms with van der Waals surface area (Å²) in [5.41, 5.74) is 3.12. The van der Waals surface area contributed by atoms with E-state index in [0.29, 0.717) is 13.1 Å². The van der Waals surface area contributed by atoms with E-state index in [0.717, 1.165) is 28.6 Å². The first kappa shape index (κ1) is 22.0. The largest absolute Gasteiger partial charge is 0.497 e. The van der Waals surface area contributed by atoms with Gasteiger partial charge in [-0.25, -0.2) is 8.78 Å². The maximum atomic E-state index is 13.0. The van der Waals surface area contributed by atoms with Gasteiger partial charge in [-0.15, -0.1) is 0 Å². The standard InChI is InChI=1S/C22H24F4N2O2/c1-28-13-16(19-11-17(29-2)6-7-20(19)28)8-9-27-12-15-4-3-5-18(10-15)30-14-22(25,26)21(23)24/h3-7,10-11,13,21,27H,8-9,12,14H2,1-2H3. The zero-order valence-corrected chi connectivity index (χ0v) is 16.8. The van der Waals surface area contributed by atoms with E-state index >= 15 is 0 Å². The molecule has 0 spiro atoms. The molecule has 4 nitrogen and oxygen atoms in total. The van der Waals surface area contributed by atoms with Crippen LogP contribution in [0.15, 0.2) is 48.7 Å². The molecule has 0 bridgehead atoms. The van der Waals surface area contributed by atoms with E-state index in [1.165, 1.54) is 11.6 Å². The normalized spacial score (nSPS) is 12.0. The Hall–Kier alpha value is -2.74. The number of nitrogens with zero attached hydrogens (tertiary/aromatic N) is 1. The van der Waals surface area contributed by atoms with Crippen LogP contribution >= 0.6 is 0 Å². The smallest absolute Gasteiger partial charge is 0.340 e. The second-order valence-corrected chi connectivity index (χ2v) is 7.07. The van der Waals surface area contributed by atoms with Crippen LogP contribution in [0.2, 0.25) is 0 Å². The van der Waals surface area contributed by atoms with Crippen LogP contribution in [0, 0.1) is 0 Å². The molecular formula is C22H24F4N2O2. The van der Waals surface area contributed by atoms with Gasteiger partial charge in [0.25, 0.3) is 0 Å². The number of hydrogen-bond acceptors (Lipinski definition) is 3. The van der Waals surface area contributed by atoms with E-state index in [1.54, 1.807) is 19.2 Å². The summed E-state index contributed by atoms with van der Waals surface area (Å²) in [5, 5.41) is 4.44. The SMILES string of the molecule is COc1ccc2c(c1)c(CCNCc1cccc(OCC(F)(F)C(F)F)c1)cn2C. The summed E-state index contributed by atoms with van der Waals surface area (Å²) < 4.78 is 62.7. The number of aromatic nitrogens is 1. The Kier molecular flexibility index (Phi) is 6.87. The third-order valence-corrected chi connectivity index (χ3v) is 4.83. The predicted octanol–water partition coefficient (Wildman–Crippen LogP) is 4.80. The van der Waals surface area contributed by atoms with Gasteiger partial charge < -0.3 is 19.4 Å². The predicted molar refractivity (Wildman–Crippen MR) is 108 cm³/mol. The number of ether oxygens (including phenoxy) is 2. The molecule has 0 saturated carbocycles. The van der Waals surface area contributed by atoms with E-state index in [4.69, 9.17) is 9.47 Å². The highest BCUT2D eigenvalue weighted by atomic mass is 19.3. The van der Waals surface area contributed by atoms with Crippen molar-refractivity contribution in [1.82, 2.24) is 9.88 Å². The van der Waals surface area contributed by atoms with Gasteiger partial charge in [-0.05, 0) is 54.4 Å². The molecule has 162 valence electrons. The highest BCUT2D eigenvalue weighted by molar-refractivity contribution is 5.85. The molecule has 2 aromatic carbocycles. The molecule has 3 rings (SSSR count). The third-order valence-electron chi connectivity index (χ3n) is 4.83. The van der Waals surface area contributed by atoms with E-state index in [2.05, 4.69) is 16.1 Å². The lowest BCUT2D eigenvalue weighted by molar-refractivity contribution is -0.148. The van der Waals surface area contributed by atoms with Crippen LogP contribution in [-0.4, -0.2) is 37.2 Å². The number of hydrogen-bond donors (Lipinski definition) is 1. The van der Waals surface area contributed by atoms with Crippen LogP contribution in [0.25, 0.3) is 10.9 Å². The fourth-order valence-electron chi connectivity index (χ4n) is 3.22. The van der Waals surface area contributed by atoms with E-state index in [9.17, 15) is 17.6 Å². The second-order valence-electron chi connectivity index (χ2n) is 7.07. The summed E-state index contributed by atoms with van der Waals surface area (Å²) in [7, 11) is 3.63. The minimum absolute atomic E-state index is 0.135. The molecule has 0 saturated heterocycles. The summed E-state index contributed by atoms with van der Waals surface area (Å²) >= 11 is 0. The molecule has 0 amide bonds. The molecule has 0 aliphatic rings. The van der Waals surface area contributed by atoms with Gasteiger partial charge >= 0.3 is 12.3 Å². The van der Waals surface area contributed by atoms with E-state index in [-0.39, 0.29) is 5.75 Å².